The van der Waals surface area contributed by atoms with Crippen LogP contribution in [-0.4, -0.2) is 91.6 Å². The van der Waals surface area contributed by atoms with Crippen LogP contribution in [0.3, 0.4) is 0 Å². The van der Waals surface area contributed by atoms with E-state index in [1.165, 1.54) is 18.4 Å². The van der Waals surface area contributed by atoms with Crippen molar-refractivity contribution in [3.8, 4) is 0 Å². The molecule has 3 aliphatic heterocycles. The monoisotopic (exact) mass is 579 g/mol. The molecule has 1 aromatic carbocycles. The number of likely N-dealkylation sites (tertiary alicyclic amines) is 1. The topological polar surface area (TPSA) is 104 Å². The van der Waals surface area contributed by atoms with Gasteiger partial charge in [0.1, 0.15) is 0 Å². The van der Waals surface area contributed by atoms with Gasteiger partial charge in [0.25, 0.3) is 0 Å². The zero-order valence-corrected chi connectivity index (χ0v) is 23.5. The van der Waals surface area contributed by atoms with E-state index in [2.05, 4.69) is 10.3 Å². The van der Waals surface area contributed by atoms with Gasteiger partial charge in [0.15, 0.2) is 5.13 Å². The molecule has 5 rings (SSSR count). The Morgan fingerprint density at radius 1 is 1.21 bits per heavy atom. The van der Waals surface area contributed by atoms with Crippen molar-refractivity contribution in [3.05, 3.63) is 35.0 Å². The molecule has 0 aliphatic carbocycles. The number of hydrogen-bond acceptors (Lipinski definition) is 8. The first-order valence-electron chi connectivity index (χ1n) is 12.5. The first-order chi connectivity index (χ1) is 18.4. The van der Waals surface area contributed by atoms with Crippen molar-refractivity contribution in [1.29, 1.82) is 0 Å². The third-order valence-corrected chi connectivity index (χ3v) is 9.58. The smallest absolute Gasteiger partial charge is 0.409 e. The lowest BCUT2D eigenvalue weighted by molar-refractivity contribution is -0.135. The fraction of sp³-hybridized carbons (Fsp3) is 0.520. The summed E-state index contributed by atoms with van der Waals surface area (Å²) in [4.78, 5) is 47.4. The third kappa shape index (κ3) is 5.73. The van der Waals surface area contributed by atoms with Crippen LogP contribution < -0.4 is 10.2 Å². The number of carbonyl (C=O) groups excluding carboxylic acids is 3. The van der Waals surface area contributed by atoms with Crippen LogP contribution in [0.15, 0.2) is 28.6 Å². The highest BCUT2D eigenvalue weighted by atomic mass is 35.5. The number of thiazole rings is 1. The molecule has 1 N–H and O–H groups in total. The van der Waals surface area contributed by atoms with E-state index in [0.29, 0.717) is 68.9 Å². The van der Waals surface area contributed by atoms with E-state index in [9.17, 15) is 14.4 Å². The third-order valence-electron chi connectivity index (χ3n) is 7.15. The molecule has 4 heterocycles. The maximum absolute atomic E-state index is 13.4. The Labute approximate surface area is 234 Å². The van der Waals surface area contributed by atoms with Gasteiger partial charge in [0, 0.05) is 55.3 Å². The Kier molecular flexibility index (Phi) is 8.32. The minimum atomic E-state index is -0.395. The molecule has 0 saturated carbocycles. The van der Waals surface area contributed by atoms with Gasteiger partial charge in [-0.1, -0.05) is 22.9 Å². The van der Waals surface area contributed by atoms with Gasteiger partial charge in [-0.2, -0.15) is 0 Å². The van der Waals surface area contributed by atoms with Crippen molar-refractivity contribution in [2.75, 3.05) is 69.0 Å². The summed E-state index contributed by atoms with van der Waals surface area (Å²) < 4.78 is 11.2. The van der Waals surface area contributed by atoms with Crippen LogP contribution in [0.2, 0.25) is 5.02 Å². The largest absolute Gasteiger partial charge is 0.453 e. The number of thioether (sulfide) groups is 1. The molecule has 38 heavy (non-hydrogen) atoms. The lowest BCUT2D eigenvalue weighted by atomic mass is 9.81. The lowest BCUT2D eigenvalue weighted by Gasteiger charge is -2.26. The van der Waals surface area contributed by atoms with Crippen molar-refractivity contribution in [3.63, 3.8) is 0 Å². The number of anilines is 2. The highest BCUT2D eigenvalue weighted by molar-refractivity contribution is 8.01. The van der Waals surface area contributed by atoms with Gasteiger partial charge in [-0.15, -0.1) is 11.8 Å². The number of fused-ring (bicyclic) bond motifs is 2. The fourth-order valence-corrected chi connectivity index (χ4v) is 7.29. The fourth-order valence-electron chi connectivity index (χ4n) is 5.24. The molecule has 13 heteroatoms. The maximum atomic E-state index is 13.4. The second-order valence-corrected chi connectivity index (χ2v) is 12.4. The van der Waals surface area contributed by atoms with Crippen LogP contribution in [0.25, 0.3) is 0 Å². The summed E-state index contributed by atoms with van der Waals surface area (Å²) in [6.07, 6.45) is 3.39. The number of benzene rings is 1. The molecule has 1 atom stereocenters. The van der Waals surface area contributed by atoms with Crippen LogP contribution in [0, 0.1) is 0 Å². The van der Waals surface area contributed by atoms with Gasteiger partial charge >= 0.3 is 12.1 Å². The second-order valence-electron chi connectivity index (χ2n) is 9.53. The molecule has 1 spiro atoms. The van der Waals surface area contributed by atoms with E-state index >= 15 is 0 Å². The number of aromatic nitrogens is 1. The first-order valence-corrected chi connectivity index (χ1v) is 14.7. The molecule has 0 radical (unpaired) electrons. The average Bonchev–Trinajstić information content (AvgIpc) is 3.65. The van der Waals surface area contributed by atoms with Crippen LogP contribution in [-0.2, 0) is 19.7 Å². The van der Waals surface area contributed by atoms with Crippen molar-refractivity contribution in [2.45, 2.75) is 28.9 Å². The second kappa shape index (κ2) is 11.7. The minimum absolute atomic E-state index is 0.174. The Morgan fingerprint density at radius 3 is 2.82 bits per heavy atom. The molecule has 2 aromatic rings. The summed E-state index contributed by atoms with van der Waals surface area (Å²) in [5, 5.41) is 4.04. The van der Waals surface area contributed by atoms with Crippen molar-refractivity contribution in [1.82, 2.24) is 14.8 Å². The van der Waals surface area contributed by atoms with Gasteiger partial charge in [0.2, 0.25) is 5.91 Å². The molecule has 4 amide bonds. The molecular weight excluding hydrogens is 550 g/mol. The molecule has 0 bridgehead atoms. The molecule has 1 aromatic heterocycles. The number of nitrogens with one attached hydrogen (secondary N) is 1. The Bertz CT molecular complexity index is 1210. The summed E-state index contributed by atoms with van der Waals surface area (Å²) in [7, 11) is 1.37. The van der Waals surface area contributed by atoms with Gasteiger partial charge < -0.3 is 19.3 Å². The van der Waals surface area contributed by atoms with E-state index < -0.39 is 5.41 Å². The van der Waals surface area contributed by atoms with Crippen LogP contribution in [0.4, 0.5) is 20.4 Å². The van der Waals surface area contributed by atoms with Gasteiger partial charge in [-0.05, 0) is 42.4 Å². The number of ether oxygens (including phenoxy) is 2. The highest BCUT2D eigenvalue weighted by Crippen LogP contribution is 2.47. The molecular formula is C25H30ClN5O5S2. The number of urea groups is 1. The number of carbonyl (C=O) groups is 3. The Hall–Kier alpha value is -2.54. The predicted octanol–water partition coefficient (Wildman–Crippen LogP) is 4.29. The number of morpholine rings is 1. The zero-order valence-electron chi connectivity index (χ0n) is 21.1. The van der Waals surface area contributed by atoms with Crippen LogP contribution in [0.1, 0.15) is 24.8 Å². The van der Waals surface area contributed by atoms with Gasteiger partial charge in [-0.25, -0.2) is 14.6 Å². The summed E-state index contributed by atoms with van der Waals surface area (Å²) in [6, 6.07) is 5.25. The molecule has 1 unspecified atom stereocenters. The number of nitrogens with zero attached hydrogens (tertiary/aromatic N) is 4. The van der Waals surface area contributed by atoms with E-state index in [-0.39, 0.29) is 18.0 Å². The number of hydrogen-bond donors (Lipinski definition) is 1. The number of amides is 4. The summed E-state index contributed by atoms with van der Waals surface area (Å²) >= 11 is 9.36. The Morgan fingerprint density at radius 2 is 2.03 bits per heavy atom. The molecule has 2 saturated heterocycles. The van der Waals surface area contributed by atoms with E-state index in [1.54, 1.807) is 33.8 Å². The van der Waals surface area contributed by atoms with Crippen LogP contribution >= 0.6 is 34.7 Å². The standard InChI is InChI=1S/C25H30ClN5O5S2/c1-35-24(34)30-7-6-25(15-30)16-31(19-5-4-17(26)13-18(19)25)23(33)28-22-27-14-21(38-22)37-12-2-3-20(32)29-8-10-36-11-9-29/h4-5,13-14H,2-3,6-12,15-16H2,1H3,(H,27,28,33). The lowest BCUT2D eigenvalue weighted by Crippen LogP contribution is -2.41. The predicted molar refractivity (Wildman–Crippen MR) is 148 cm³/mol. The van der Waals surface area contributed by atoms with Crippen LogP contribution in [0.5, 0.6) is 0 Å². The average molecular weight is 580 g/mol. The first kappa shape index (κ1) is 27.0. The zero-order chi connectivity index (χ0) is 26.7. The Balaban J connectivity index is 1.17. The SMILES string of the molecule is COC(=O)N1CCC2(C1)CN(C(=O)Nc1ncc(SCCCC(=O)N3CCOCC3)s1)c1ccc(Cl)cc12. The summed E-state index contributed by atoms with van der Waals surface area (Å²) in [5.74, 6) is 0.971. The van der Waals surface area contributed by atoms with Crippen molar-refractivity contribution in [2.24, 2.45) is 0 Å². The summed E-state index contributed by atoms with van der Waals surface area (Å²) in [6.45, 7) is 4.01. The number of methoxy groups -OCH3 is 1. The maximum Gasteiger partial charge on any atom is 0.409 e. The van der Waals surface area contributed by atoms with E-state index in [1.807, 2.05) is 17.0 Å². The summed E-state index contributed by atoms with van der Waals surface area (Å²) in [5.41, 5.74) is 1.36. The normalized spacial score (nSPS) is 20.6. The molecule has 10 nitrogen and oxygen atoms in total. The van der Waals surface area contributed by atoms with Crippen molar-refractivity contribution >= 4 is 63.6 Å². The van der Waals surface area contributed by atoms with E-state index in [0.717, 1.165) is 27.6 Å². The quantitative estimate of drug-likeness (QED) is 0.402. The number of halogens is 1. The molecule has 2 fully saturated rings. The highest BCUT2D eigenvalue weighted by Gasteiger charge is 2.50. The molecule has 204 valence electrons. The van der Waals surface area contributed by atoms with Gasteiger partial charge in [-0.3, -0.25) is 15.0 Å². The van der Waals surface area contributed by atoms with Gasteiger partial charge in [0.05, 0.1) is 30.7 Å². The number of rotatable bonds is 6. The van der Waals surface area contributed by atoms with E-state index in [4.69, 9.17) is 21.1 Å². The molecule has 3 aliphatic rings. The minimum Gasteiger partial charge on any atom is -0.453 e. The van der Waals surface area contributed by atoms with Crippen molar-refractivity contribution < 1.29 is 23.9 Å².